The predicted molar refractivity (Wildman–Crippen MR) is 78.5 cm³/mol. The van der Waals surface area contributed by atoms with E-state index in [1.165, 1.54) is 0 Å². The topological polar surface area (TPSA) is 85.8 Å². The van der Waals surface area contributed by atoms with Gasteiger partial charge in [0.1, 0.15) is 6.33 Å². The minimum absolute atomic E-state index is 0.553. The lowest BCUT2D eigenvalue weighted by molar-refractivity contribution is 0.279. The lowest BCUT2D eigenvalue weighted by atomic mass is 10.2. The first-order valence-corrected chi connectivity index (χ1v) is 7.08. The Labute approximate surface area is 127 Å². The molecule has 0 amide bonds. The molecule has 0 spiro atoms. The summed E-state index contributed by atoms with van der Waals surface area (Å²) in [7, 11) is 2.02. The van der Waals surface area contributed by atoms with Gasteiger partial charge in [-0.05, 0) is 36.0 Å². The quantitative estimate of drug-likeness (QED) is 0.649. The van der Waals surface area contributed by atoms with E-state index in [2.05, 4.69) is 30.6 Å². The van der Waals surface area contributed by atoms with Crippen LogP contribution in [0.2, 0.25) is 0 Å². The Morgan fingerprint density at radius 3 is 2.82 bits per heavy atom. The Bertz CT molecular complexity index is 680. The molecule has 3 aromatic rings. The van der Waals surface area contributed by atoms with Crippen LogP contribution < -0.4 is 0 Å². The van der Waals surface area contributed by atoms with E-state index in [0.29, 0.717) is 18.3 Å². The van der Waals surface area contributed by atoms with Crippen LogP contribution in [0.25, 0.3) is 11.5 Å². The number of rotatable bonds is 7. The molecule has 0 radical (unpaired) electrons. The summed E-state index contributed by atoms with van der Waals surface area (Å²) in [6.45, 7) is 2.30. The predicted octanol–water partition coefficient (Wildman–Crippen LogP) is 1.25. The van der Waals surface area contributed by atoms with Gasteiger partial charge in [-0.2, -0.15) is 0 Å². The molecule has 8 heteroatoms. The van der Waals surface area contributed by atoms with Crippen molar-refractivity contribution in [3.05, 3.63) is 42.5 Å². The van der Waals surface area contributed by atoms with Crippen LogP contribution in [0.1, 0.15) is 12.3 Å². The molecule has 1 aromatic carbocycles. The second-order valence-electron chi connectivity index (χ2n) is 5.03. The molecule has 0 aliphatic rings. The van der Waals surface area contributed by atoms with E-state index in [0.717, 1.165) is 25.1 Å². The number of hydrogen-bond donors (Lipinski definition) is 0. The van der Waals surface area contributed by atoms with E-state index in [9.17, 15) is 0 Å². The minimum Gasteiger partial charge on any atom is -0.419 e. The third kappa shape index (κ3) is 3.73. The van der Waals surface area contributed by atoms with Gasteiger partial charge in [0.05, 0.1) is 6.54 Å². The van der Waals surface area contributed by atoms with Gasteiger partial charge in [0.15, 0.2) is 0 Å². The number of nitrogens with zero attached hydrogens (tertiary/aromatic N) is 7. The standard InChI is InChI=1S/C14H17N7O/c1-20(8-5-9-21-11-15-18-19-21)10-13-16-17-14(22-13)12-6-3-2-4-7-12/h2-4,6-7,11H,5,8-10H2,1H3. The maximum atomic E-state index is 5.69. The number of aromatic nitrogens is 6. The summed E-state index contributed by atoms with van der Waals surface area (Å²) in [5.41, 5.74) is 0.933. The summed E-state index contributed by atoms with van der Waals surface area (Å²) in [5, 5.41) is 19.2. The number of aryl methyl sites for hydroxylation is 1. The summed E-state index contributed by atoms with van der Waals surface area (Å²) >= 11 is 0. The molecule has 22 heavy (non-hydrogen) atoms. The van der Waals surface area contributed by atoms with Crippen LogP contribution in [-0.4, -0.2) is 48.9 Å². The highest BCUT2D eigenvalue weighted by Gasteiger charge is 2.10. The normalized spacial score (nSPS) is 11.2. The third-order valence-electron chi connectivity index (χ3n) is 3.21. The third-order valence-corrected chi connectivity index (χ3v) is 3.21. The van der Waals surface area contributed by atoms with Crippen LogP contribution in [0.4, 0.5) is 0 Å². The van der Waals surface area contributed by atoms with Crippen LogP contribution in [0.5, 0.6) is 0 Å². The Morgan fingerprint density at radius 2 is 2.05 bits per heavy atom. The highest BCUT2D eigenvalue weighted by Crippen LogP contribution is 2.17. The van der Waals surface area contributed by atoms with Crippen molar-refractivity contribution in [2.45, 2.75) is 19.5 Å². The van der Waals surface area contributed by atoms with Crippen molar-refractivity contribution in [1.82, 2.24) is 35.3 Å². The van der Waals surface area contributed by atoms with E-state index < -0.39 is 0 Å². The van der Waals surface area contributed by atoms with Gasteiger partial charge in [-0.1, -0.05) is 18.2 Å². The fourth-order valence-corrected chi connectivity index (χ4v) is 2.11. The maximum Gasteiger partial charge on any atom is 0.247 e. The second kappa shape index (κ2) is 6.90. The van der Waals surface area contributed by atoms with Crippen LogP contribution >= 0.6 is 0 Å². The van der Waals surface area contributed by atoms with Crippen LogP contribution in [0, 0.1) is 0 Å². The molecule has 0 bridgehead atoms. The molecule has 0 fully saturated rings. The lowest BCUT2D eigenvalue weighted by Gasteiger charge is -2.13. The van der Waals surface area contributed by atoms with E-state index in [1.54, 1.807) is 11.0 Å². The van der Waals surface area contributed by atoms with Crippen LogP contribution in [0.3, 0.4) is 0 Å². The molecule has 3 rings (SSSR count). The second-order valence-corrected chi connectivity index (χ2v) is 5.03. The summed E-state index contributed by atoms with van der Waals surface area (Å²) in [4.78, 5) is 2.13. The zero-order chi connectivity index (χ0) is 15.2. The van der Waals surface area contributed by atoms with Crippen molar-refractivity contribution in [2.24, 2.45) is 0 Å². The maximum absolute atomic E-state index is 5.69. The van der Waals surface area contributed by atoms with Gasteiger partial charge in [0, 0.05) is 18.7 Å². The fraction of sp³-hybridized carbons (Fsp3) is 0.357. The molecule has 0 saturated carbocycles. The van der Waals surface area contributed by atoms with Gasteiger partial charge in [-0.15, -0.1) is 15.3 Å². The van der Waals surface area contributed by atoms with Gasteiger partial charge in [-0.3, -0.25) is 4.90 Å². The number of benzene rings is 1. The van der Waals surface area contributed by atoms with Gasteiger partial charge in [0.2, 0.25) is 11.8 Å². The lowest BCUT2D eigenvalue weighted by Crippen LogP contribution is -2.20. The van der Waals surface area contributed by atoms with Gasteiger partial charge >= 0.3 is 0 Å². The van der Waals surface area contributed by atoms with Crippen molar-refractivity contribution in [1.29, 1.82) is 0 Å². The van der Waals surface area contributed by atoms with E-state index in [1.807, 2.05) is 37.4 Å². The Hall–Kier alpha value is -2.61. The van der Waals surface area contributed by atoms with Crippen molar-refractivity contribution in [2.75, 3.05) is 13.6 Å². The van der Waals surface area contributed by atoms with Crippen molar-refractivity contribution < 1.29 is 4.42 Å². The summed E-state index contributed by atoms with van der Waals surface area (Å²) in [5.74, 6) is 1.17. The Kier molecular flexibility index (Phi) is 4.50. The average Bonchev–Trinajstić information content (AvgIpc) is 3.20. The van der Waals surface area contributed by atoms with E-state index >= 15 is 0 Å². The van der Waals surface area contributed by atoms with Crippen LogP contribution in [0.15, 0.2) is 41.1 Å². The molecule has 0 unspecified atom stereocenters. The van der Waals surface area contributed by atoms with Gasteiger partial charge in [-0.25, -0.2) is 4.68 Å². The molecule has 8 nitrogen and oxygen atoms in total. The summed E-state index contributed by atoms with van der Waals surface area (Å²) in [6, 6.07) is 9.76. The zero-order valence-corrected chi connectivity index (χ0v) is 12.3. The minimum atomic E-state index is 0.553. The smallest absolute Gasteiger partial charge is 0.247 e. The summed E-state index contributed by atoms with van der Waals surface area (Å²) in [6.07, 6.45) is 2.56. The van der Waals surface area contributed by atoms with E-state index in [4.69, 9.17) is 4.42 Å². The molecule has 2 heterocycles. The number of hydrogen-bond acceptors (Lipinski definition) is 7. The molecule has 2 aromatic heterocycles. The molecule has 114 valence electrons. The fourth-order valence-electron chi connectivity index (χ4n) is 2.11. The van der Waals surface area contributed by atoms with E-state index in [-0.39, 0.29) is 0 Å². The van der Waals surface area contributed by atoms with Gasteiger partial charge < -0.3 is 4.42 Å². The largest absolute Gasteiger partial charge is 0.419 e. The first-order chi connectivity index (χ1) is 10.8. The molecule has 0 aliphatic carbocycles. The number of tetrazole rings is 1. The SMILES string of the molecule is CN(CCCn1cnnn1)Cc1nnc(-c2ccccc2)o1. The highest BCUT2D eigenvalue weighted by atomic mass is 16.4. The molecular formula is C14H17N7O. The van der Waals surface area contributed by atoms with Gasteiger partial charge in [0.25, 0.3) is 0 Å². The van der Waals surface area contributed by atoms with Crippen molar-refractivity contribution >= 4 is 0 Å². The summed E-state index contributed by atoms with van der Waals surface area (Å²) < 4.78 is 7.41. The molecule has 0 saturated heterocycles. The van der Waals surface area contributed by atoms with Crippen LogP contribution in [-0.2, 0) is 13.1 Å². The zero-order valence-electron chi connectivity index (χ0n) is 12.3. The molecule has 0 atom stereocenters. The monoisotopic (exact) mass is 299 g/mol. The van der Waals surface area contributed by atoms with Crippen molar-refractivity contribution in [3.63, 3.8) is 0 Å². The highest BCUT2D eigenvalue weighted by molar-refractivity contribution is 5.51. The average molecular weight is 299 g/mol. The van der Waals surface area contributed by atoms with Crippen molar-refractivity contribution in [3.8, 4) is 11.5 Å². The Balaban J connectivity index is 1.49. The molecule has 0 aliphatic heterocycles. The molecular weight excluding hydrogens is 282 g/mol. The Morgan fingerprint density at radius 1 is 1.18 bits per heavy atom. The first kappa shape index (κ1) is 14.3. The first-order valence-electron chi connectivity index (χ1n) is 7.08. The molecule has 0 N–H and O–H groups in total.